The second kappa shape index (κ2) is 5.73. The number of aromatic nitrogens is 5. The van der Waals surface area contributed by atoms with Crippen LogP contribution in [0.25, 0.3) is 22.6 Å². The summed E-state index contributed by atoms with van der Waals surface area (Å²) in [5.41, 5.74) is 3.53. The van der Waals surface area contributed by atoms with Crippen LogP contribution in [0.5, 0.6) is 5.75 Å². The van der Waals surface area contributed by atoms with Gasteiger partial charge in [-0.05, 0) is 31.9 Å². The lowest BCUT2D eigenvalue weighted by molar-refractivity contribution is 0.152. The Morgan fingerprint density at radius 2 is 1.93 bits per heavy atom. The molecule has 0 saturated heterocycles. The zero-order valence-electron chi connectivity index (χ0n) is 14.9. The summed E-state index contributed by atoms with van der Waals surface area (Å²) in [4.78, 5) is 8.82. The van der Waals surface area contributed by atoms with E-state index in [0.717, 1.165) is 24.2 Å². The van der Waals surface area contributed by atoms with Crippen molar-refractivity contribution in [3.63, 3.8) is 0 Å². The van der Waals surface area contributed by atoms with E-state index in [0.29, 0.717) is 28.6 Å². The maximum Gasteiger partial charge on any atom is 0.267 e. The molecule has 6 nitrogen and oxygen atoms in total. The van der Waals surface area contributed by atoms with Gasteiger partial charge < -0.3 is 9.14 Å². The molecule has 0 aliphatic heterocycles. The Labute approximate surface area is 153 Å². The summed E-state index contributed by atoms with van der Waals surface area (Å²) in [6.07, 6.45) is 5.13. The van der Waals surface area contributed by atoms with Crippen molar-refractivity contribution >= 4 is 11.3 Å². The third-order valence-electron chi connectivity index (χ3n) is 4.86. The van der Waals surface area contributed by atoms with Gasteiger partial charge in [-0.15, -0.1) is 0 Å². The summed E-state index contributed by atoms with van der Waals surface area (Å²) in [5.74, 6) is 1.09. The van der Waals surface area contributed by atoms with Crippen molar-refractivity contribution in [1.29, 1.82) is 0 Å². The summed E-state index contributed by atoms with van der Waals surface area (Å²) < 4.78 is 35.9. The van der Waals surface area contributed by atoms with Crippen LogP contribution in [0.15, 0.2) is 30.7 Å². The van der Waals surface area contributed by atoms with E-state index < -0.39 is 6.43 Å². The van der Waals surface area contributed by atoms with E-state index in [2.05, 4.69) is 15.1 Å². The van der Waals surface area contributed by atoms with Gasteiger partial charge in [-0.1, -0.05) is 0 Å². The first kappa shape index (κ1) is 16.2. The predicted octanol–water partition coefficient (Wildman–Crippen LogP) is 4.18. The molecule has 0 unspecified atom stereocenters. The van der Waals surface area contributed by atoms with Gasteiger partial charge in [-0.3, -0.25) is 0 Å². The minimum atomic E-state index is -2.64. The number of alkyl halides is 2. The number of aryl methyl sites for hydroxylation is 1. The van der Waals surface area contributed by atoms with Crippen LogP contribution >= 0.6 is 0 Å². The van der Waals surface area contributed by atoms with Crippen LogP contribution < -0.4 is 4.74 Å². The van der Waals surface area contributed by atoms with E-state index in [1.54, 1.807) is 26.3 Å². The van der Waals surface area contributed by atoms with E-state index >= 15 is 0 Å². The minimum absolute atomic E-state index is 0.142. The smallest absolute Gasteiger partial charge is 0.267 e. The Bertz CT molecular complexity index is 1180. The maximum atomic E-state index is 13.6. The Balaban J connectivity index is 1.72. The summed E-state index contributed by atoms with van der Waals surface area (Å²) >= 11 is 0. The van der Waals surface area contributed by atoms with E-state index in [1.165, 1.54) is 10.6 Å². The fourth-order valence-electron chi connectivity index (χ4n) is 3.37. The van der Waals surface area contributed by atoms with Crippen LogP contribution in [0.2, 0.25) is 0 Å². The Hall–Kier alpha value is -3.03. The second-order valence-corrected chi connectivity index (χ2v) is 6.90. The second-order valence-electron chi connectivity index (χ2n) is 6.90. The number of fused-ring (bicyclic) bond motifs is 2. The van der Waals surface area contributed by atoms with Crippen LogP contribution in [0.4, 0.5) is 8.78 Å². The van der Waals surface area contributed by atoms with Crippen molar-refractivity contribution in [3.05, 3.63) is 47.7 Å². The lowest BCUT2D eigenvalue weighted by atomic mass is 10.1. The van der Waals surface area contributed by atoms with Crippen molar-refractivity contribution in [2.75, 3.05) is 7.11 Å². The van der Waals surface area contributed by atoms with Crippen LogP contribution in [-0.4, -0.2) is 31.1 Å². The van der Waals surface area contributed by atoms with Crippen molar-refractivity contribution in [1.82, 2.24) is 24.0 Å². The number of ether oxygens (including phenoxy) is 1. The highest BCUT2D eigenvalue weighted by Gasteiger charge is 2.27. The van der Waals surface area contributed by atoms with E-state index in [1.807, 2.05) is 16.8 Å². The first-order chi connectivity index (χ1) is 13.0. The first-order valence-electron chi connectivity index (χ1n) is 8.75. The predicted molar refractivity (Wildman–Crippen MR) is 95.4 cm³/mol. The minimum Gasteiger partial charge on any atom is -0.493 e. The highest BCUT2D eigenvalue weighted by molar-refractivity contribution is 5.69. The highest BCUT2D eigenvalue weighted by atomic mass is 19.3. The zero-order chi connectivity index (χ0) is 18.7. The number of hydrogen-bond acceptors (Lipinski definition) is 4. The molecule has 4 heterocycles. The van der Waals surface area contributed by atoms with Gasteiger partial charge in [0.25, 0.3) is 6.43 Å². The summed E-state index contributed by atoms with van der Waals surface area (Å²) in [7, 11) is 1.57. The highest BCUT2D eigenvalue weighted by Crippen LogP contribution is 2.40. The van der Waals surface area contributed by atoms with Gasteiger partial charge in [0.05, 0.1) is 36.0 Å². The fraction of sp³-hybridized carbons (Fsp3) is 0.316. The molecular formula is C19H17F2N5O. The average Bonchev–Trinajstić information content (AvgIpc) is 3.29. The number of imidazole rings is 2. The molecule has 0 N–H and O–H groups in total. The molecule has 0 aromatic carbocycles. The van der Waals surface area contributed by atoms with Crippen LogP contribution in [0.3, 0.4) is 0 Å². The number of halogens is 2. The SMILES string of the molecule is COc1cc(-c2cc(C(F)F)c3nc(C)cn3n2)cn2cc(C3CC3)nc12. The Morgan fingerprint density at radius 1 is 1.11 bits per heavy atom. The van der Waals surface area contributed by atoms with Crippen LogP contribution in [-0.2, 0) is 0 Å². The molecule has 0 amide bonds. The third kappa shape index (κ3) is 2.63. The van der Waals surface area contributed by atoms with Crippen molar-refractivity contribution in [2.24, 2.45) is 0 Å². The van der Waals surface area contributed by atoms with E-state index in [9.17, 15) is 8.78 Å². The first-order valence-corrected chi connectivity index (χ1v) is 8.75. The monoisotopic (exact) mass is 369 g/mol. The van der Waals surface area contributed by atoms with E-state index in [-0.39, 0.29) is 11.2 Å². The maximum absolute atomic E-state index is 13.6. The number of nitrogens with zero attached hydrogens (tertiary/aromatic N) is 5. The van der Waals surface area contributed by atoms with Gasteiger partial charge in [0, 0.05) is 23.9 Å². The zero-order valence-corrected chi connectivity index (χ0v) is 14.9. The topological polar surface area (TPSA) is 56.7 Å². The van der Waals surface area contributed by atoms with Gasteiger partial charge >= 0.3 is 0 Å². The van der Waals surface area contributed by atoms with Crippen molar-refractivity contribution in [3.8, 4) is 17.0 Å². The quantitative estimate of drug-likeness (QED) is 0.542. The van der Waals surface area contributed by atoms with Gasteiger partial charge in [0.15, 0.2) is 17.0 Å². The standard InChI is InChI=1S/C19H17F2N5O/c1-10-7-26-18(22-10)13(17(20)21)6-14(24-26)12-5-16(27-2)19-23-15(11-3-4-11)9-25(19)8-12/h5-9,11,17H,3-4H2,1-2H3. The van der Waals surface area contributed by atoms with Gasteiger partial charge in [0.2, 0.25) is 0 Å². The molecule has 1 aliphatic carbocycles. The van der Waals surface area contributed by atoms with Crippen LogP contribution in [0, 0.1) is 6.92 Å². The number of methoxy groups -OCH3 is 1. The normalized spacial score (nSPS) is 14.6. The molecule has 8 heteroatoms. The molecule has 0 spiro atoms. The average molecular weight is 369 g/mol. The summed E-state index contributed by atoms with van der Waals surface area (Å²) in [6.45, 7) is 1.75. The van der Waals surface area contributed by atoms with E-state index in [4.69, 9.17) is 4.74 Å². The summed E-state index contributed by atoms with van der Waals surface area (Å²) in [5, 5.41) is 4.48. The Morgan fingerprint density at radius 3 is 2.63 bits per heavy atom. The molecule has 5 rings (SSSR count). The number of hydrogen-bond donors (Lipinski definition) is 0. The molecule has 4 aromatic rings. The lowest BCUT2D eigenvalue weighted by Crippen LogP contribution is -2.01. The lowest BCUT2D eigenvalue weighted by Gasteiger charge is -2.09. The molecule has 0 atom stereocenters. The van der Waals surface area contributed by atoms with Gasteiger partial charge in [0.1, 0.15) is 0 Å². The number of pyridine rings is 1. The Kier molecular flexibility index (Phi) is 3.43. The van der Waals surface area contributed by atoms with Crippen molar-refractivity contribution in [2.45, 2.75) is 32.1 Å². The van der Waals surface area contributed by atoms with Crippen LogP contribution in [0.1, 0.15) is 42.1 Å². The fourth-order valence-corrected chi connectivity index (χ4v) is 3.37. The van der Waals surface area contributed by atoms with Crippen molar-refractivity contribution < 1.29 is 13.5 Å². The molecule has 0 bridgehead atoms. The largest absolute Gasteiger partial charge is 0.493 e. The molecule has 27 heavy (non-hydrogen) atoms. The molecule has 1 aliphatic rings. The van der Waals surface area contributed by atoms with Gasteiger partial charge in [-0.25, -0.2) is 23.3 Å². The molecule has 0 radical (unpaired) electrons. The molecule has 4 aromatic heterocycles. The van der Waals surface area contributed by atoms with Gasteiger partial charge in [-0.2, -0.15) is 5.10 Å². The molecule has 1 fully saturated rings. The number of rotatable bonds is 4. The molecule has 138 valence electrons. The molecular weight excluding hydrogens is 352 g/mol. The third-order valence-corrected chi connectivity index (χ3v) is 4.86. The summed E-state index contributed by atoms with van der Waals surface area (Å²) in [6, 6.07) is 3.18. The molecule has 1 saturated carbocycles.